The standard InChI is InChI=1S/C22H30N4O2/c27-22(24-15-18-4-1-9-23-14-18)19-5-2-10-26(16-19)20-7-11-25(12-8-20)17-21-6-3-13-28-21/h1,3-4,6,9,13-14,19-20H,2,5,7-8,10-12,15-17H2,(H,24,27). The molecule has 4 rings (SSSR count). The summed E-state index contributed by atoms with van der Waals surface area (Å²) >= 11 is 0. The third-order valence-electron chi connectivity index (χ3n) is 6.05. The highest BCUT2D eigenvalue weighted by Crippen LogP contribution is 2.25. The van der Waals surface area contributed by atoms with E-state index in [0.29, 0.717) is 12.6 Å². The van der Waals surface area contributed by atoms with Gasteiger partial charge in [0, 0.05) is 44.6 Å². The Hall–Kier alpha value is -2.18. The lowest BCUT2D eigenvalue weighted by atomic mass is 9.93. The minimum atomic E-state index is 0.103. The average molecular weight is 383 g/mol. The molecule has 2 aliphatic rings. The number of amides is 1. The number of carbonyl (C=O) groups is 1. The van der Waals surface area contributed by atoms with Crippen LogP contribution in [0.15, 0.2) is 47.3 Å². The first kappa shape index (κ1) is 19.2. The van der Waals surface area contributed by atoms with E-state index < -0.39 is 0 Å². The van der Waals surface area contributed by atoms with Gasteiger partial charge < -0.3 is 9.73 Å². The summed E-state index contributed by atoms with van der Waals surface area (Å²) in [7, 11) is 0. The summed E-state index contributed by atoms with van der Waals surface area (Å²) < 4.78 is 5.47. The van der Waals surface area contributed by atoms with Crippen LogP contribution in [0.5, 0.6) is 0 Å². The number of aromatic nitrogens is 1. The van der Waals surface area contributed by atoms with E-state index in [-0.39, 0.29) is 11.8 Å². The molecular formula is C22H30N4O2. The summed E-state index contributed by atoms with van der Waals surface area (Å²) in [6, 6.07) is 8.50. The van der Waals surface area contributed by atoms with E-state index in [1.807, 2.05) is 30.5 Å². The minimum Gasteiger partial charge on any atom is -0.468 e. The van der Waals surface area contributed by atoms with Crippen LogP contribution in [0.1, 0.15) is 37.0 Å². The van der Waals surface area contributed by atoms with Crippen LogP contribution in [-0.4, -0.2) is 52.9 Å². The predicted octanol–water partition coefficient (Wildman–Crippen LogP) is 2.67. The van der Waals surface area contributed by atoms with Crippen LogP contribution in [0.2, 0.25) is 0 Å². The quantitative estimate of drug-likeness (QED) is 0.832. The Kier molecular flexibility index (Phi) is 6.39. The highest BCUT2D eigenvalue weighted by molar-refractivity contribution is 5.78. The smallest absolute Gasteiger partial charge is 0.224 e. The van der Waals surface area contributed by atoms with Gasteiger partial charge in [0.2, 0.25) is 5.91 Å². The van der Waals surface area contributed by atoms with Crippen LogP contribution >= 0.6 is 0 Å². The van der Waals surface area contributed by atoms with E-state index in [9.17, 15) is 4.79 Å². The molecule has 0 spiro atoms. The lowest BCUT2D eigenvalue weighted by Gasteiger charge is -2.41. The number of nitrogens with one attached hydrogen (secondary N) is 1. The fraction of sp³-hybridized carbons (Fsp3) is 0.545. The lowest BCUT2D eigenvalue weighted by Crippen LogP contribution is -2.50. The summed E-state index contributed by atoms with van der Waals surface area (Å²) in [4.78, 5) is 21.8. The molecule has 0 aliphatic carbocycles. The maximum Gasteiger partial charge on any atom is 0.224 e. The molecule has 0 bridgehead atoms. The van der Waals surface area contributed by atoms with Gasteiger partial charge in [-0.15, -0.1) is 0 Å². The molecular weight excluding hydrogens is 352 g/mol. The molecule has 2 saturated heterocycles. The molecule has 1 atom stereocenters. The van der Waals surface area contributed by atoms with Crippen LogP contribution in [0, 0.1) is 5.92 Å². The second-order valence-corrected chi connectivity index (χ2v) is 8.00. The van der Waals surface area contributed by atoms with E-state index in [4.69, 9.17) is 4.42 Å². The van der Waals surface area contributed by atoms with Gasteiger partial charge in [-0.3, -0.25) is 19.6 Å². The Balaban J connectivity index is 1.23. The van der Waals surface area contributed by atoms with Crippen molar-refractivity contribution in [1.29, 1.82) is 0 Å². The first-order valence-corrected chi connectivity index (χ1v) is 10.4. The van der Waals surface area contributed by atoms with Crippen molar-refractivity contribution in [2.75, 3.05) is 26.2 Å². The zero-order valence-electron chi connectivity index (χ0n) is 16.4. The molecule has 150 valence electrons. The Morgan fingerprint density at radius 1 is 1.18 bits per heavy atom. The number of nitrogens with zero attached hydrogens (tertiary/aromatic N) is 3. The predicted molar refractivity (Wildman–Crippen MR) is 107 cm³/mol. The zero-order chi connectivity index (χ0) is 19.2. The molecule has 4 heterocycles. The molecule has 0 aromatic carbocycles. The zero-order valence-corrected chi connectivity index (χ0v) is 16.4. The molecule has 1 unspecified atom stereocenters. The van der Waals surface area contributed by atoms with Crippen molar-refractivity contribution in [3.05, 3.63) is 54.2 Å². The van der Waals surface area contributed by atoms with Crippen molar-refractivity contribution in [2.45, 2.75) is 44.8 Å². The summed E-state index contributed by atoms with van der Waals surface area (Å²) in [5.74, 6) is 1.33. The Labute approximate surface area is 166 Å². The number of pyridine rings is 1. The largest absolute Gasteiger partial charge is 0.468 e. The van der Waals surface area contributed by atoms with Crippen molar-refractivity contribution in [2.24, 2.45) is 5.92 Å². The molecule has 1 amide bonds. The number of hydrogen-bond donors (Lipinski definition) is 1. The summed E-state index contributed by atoms with van der Waals surface area (Å²) in [6.45, 7) is 5.67. The summed E-state index contributed by atoms with van der Waals surface area (Å²) in [6.07, 6.45) is 9.75. The fourth-order valence-electron chi connectivity index (χ4n) is 4.45. The Bertz CT molecular complexity index is 726. The van der Waals surface area contributed by atoms with Crippen molar-refractivity contribution in [3.8, 4) is 0 Å². The van der Waals surface area contributed by atoms with Gasteiger partial charge in [0.25, 0.3) is 0 Å². The second-order valence-electron chi connectivity index (χ2n) is 8.00. The number of likely N-dealkylation sites (tertiary alicyclic amines) is 2. The maximum absolute atomic E-state index is 12.7. The molecule has 2 aromatic rings. The lowest BCUT2D eigenvalue weighted by molar-refractivity contribution is -0.127. The number of carbonyl (C=O) groups excluding carboxylic acids is 1. The molecule has 2 aromatic heterocycles. The van der Waals surface area contributed by atoms with E-state index >= 15 is 0 Å². The van der Waals surface area contributed by atoms with Crippen LogP contribution in [0.25, 0.3) is 0 Å². The molecule has 0 radical (unpaired) electrons. The van der Waals surface area contributed by atoms with Gasteiger partial charge in [0.05, 0.1) is 18.7 Å². The second kappa shape index (κ2) is 9.34. The molecule has 6 nitrogen and oxygen atoms in total. The van der Waals surface area contributed by atoms with Crippen LogP contribution in [-0.2, 0) is 17.9 Å². The summed E-state index contributed by atoms with van der Waals surface area (Å²) in [5, 5.41) is 3.10. The maximum atomic E-state index is 12.7. The molecule has 1 N–H and O–H groups in total. The van der Waals surface area contributed by atoms with Gasteiger partial charge in [0.1, 0.15) is 5.76 Å². The first-order valence-electron chi connectivity index (χ1n) is 10.4. The van der Waals surface area contributed by atoms with E-state index in [1.165, 1.54) is 12.8 Å². The van der Waals surface area contributed by atoms with Crippen molar-refractivity contribution in [1.82, 2.24) is 20.1 Å². The summed E-state index contributed by atoms with van der Waals surface area (Å²) in [5.41, 5.74) is 1.05. The van der Waals surface area contributed by atoms with Crippen molar-refractivity contribution >= 4 is 5.91 Å². The topological polar surface area (TPSA) is 61.6 Å². The molecule has 2 fully saturated rings. The van der Waals surface area contributed by atoms with Crippen LogP contribution < -0.4 is 5.32 Å². The normalized spacial score (nSPS) is 22.2. The monoisotopic (exact) mass is 382 g/mol. The highest BCUT2D eigenvalue weighted by atomic mass is 16.3. The van der Waals surface area contributed by atoms with Gasteiger partial charge >= 0.3 is 0 Å². The number of furan rings is 1. The Morgan fingerprint density at radius 2 is 2.07 bits per heavy atom. The van der Waals surface area contributed by atoms with Gasteiger partial charge in [-0.05, 0) is 56.0 Å². The van der Waals surface area contributed by atoms with Gasteiger partial charge in [0.15, 0.2) is 0 Å². The number of hydrogen-bond acceptors (Lipinski definition) is 5. The Morgan fingerprint density at radius 3 is 2.82 bits per heavy atom. The molecule has 6 heteroatoms. The molecule has 28 heavy (non-hydrogen) atoms. The SMILES string of the molecule is O=C(NCc1cccnc1)C1CCCN(C2CCN(Cc3ccco3)CC2)C1. The number of piperidine rings is 2. The van der Waals surface area contributed by atoms with Crippen molar-refractivity contribution in [3.63, 3.8) is 0 Å². The average Bonchev–Trinajstić information content (AvgIpc) is 3.26. The fourth-order valence-corrected chi connectivity index (χ4v) is 4.45. The van der Waals surface area contributed by atoms with E-state index in [0.717, 1.165) is 56.9 Å². The van der Waals surface area contributed by atoms with Gasteiger partial charge in [-0.25, -0.2) is 0 Å². The highest BCUT2D eigenvalue weighted by Gasteiger charge is 2.31. The van der Waals surface area contributed by atoms with E-state index in [1.54, 1.807) is 12.5 Å². The third-order valence-corrected chi connectivity index (χ3v) is 6.05. The third kappa shape index (κ3) is 5.00. The van der Waals surface area contributed by atoms with Crippen LogP contribution in [0.3, 0.4) is 0 Å². The molecule has 0 saturated carbocycles. The van der Waals surface area contributed by atoms with E-state index in [2.05, 4.69) is 20.1 Å². The van der Waals surface area contributed by atoms with Gasteiger partial charge in [-0.2, -0.15) is 0 Å². The van der Waals surface area contributed by atoms with Crippen molar-refractivity contribution < 1.29 is 9.21 Å². The van der Waals surface area contributed by atoms with Gasteiger partial charge in [-0.1, -0.05) is 6.07 Å². The first-order chi connectivity index (χ1) is 13.8. The molecule has 2 aliphatic heterocycles. The van der Waals surface area contributed by atoms with Crippen LogP contribution in [0.4, 0.5) is 0 Å². The minimum absolute atomic E-state index is 0.103. The number of rotatable bonds is 6.